The van der Waals surface area contributed by atoms with Crippen molar-refractivity contribution < 1.29 is 22.7 Å². The maximum absolute atomic E-state index is 13.2. The predicted octanol–water partition coefficient (Wildman–Crippen LogP) is 1.77. The lowest BCUT2D eigenvalue weighted by Gasteiger charge is -2.32. The first kappa shape index (κ1) is 16.2. The molecule has 0 aromatic carbocycles. The van der Waals surface area contributed by atoms with Crippen molar-refractivity contribution in [3.05, 3.63) is 22.8 Å². The van der Waals surface area contributed by atoms with E-state index in [-0.39, 0.29) is 23.7 Å². The second-order valence-corrected chi connectivity index (χ2v) is 5.92. The van der Waals surface area contributed by atoms with Gasteiger partial charge in [-0.3, -0.25) is 4.79 Å². The molecule has 1 aromatic rings. The lowest BCUT2D eigenvalue weighted by molar-refractivity contribution is -0.144. The summed E-state index contributed by atoms with van der Waals surface area (Å²) in [6, 6.07) is 0. The third-order valence-electron chi connectivity index (χ3n) is 4.33. The molecule has 1 aliphatic carbocycles. The van der Waals surface area contributed by atoms with E-state index in [1.165, 1.54) is 6.92 Å². The van der Waals surface area contributed by atoms with Crippen LogP contribution < -0.4 is 0 Å². The molecule has 1 aliphatic heterocycles. The molecule has 5 nitrogen and oxygen atoms in total. The number of carbonyl (C=O) groups is 1. The molecule has 0 radical (unpaired) electrons. The number of aryl methyl sites for hydroxylation is 2. The van der Waals surface area contributed by atoms with Gasteiger partial charge in [-0.05, 0) is 26.2 Å². The minimum Gasteiger partial charge on any atom is -0.378 e. The van der Waals surface area contributed by atoms with Crippen LogP contribution >= 0.6 is 0 Å². The summed E-state index contributed by atoms with van der Waals surface area (Å²) in [7, 11) is 0. The molecular weight excluding hydrogens is 311 g/mol. The van der Waals surface area contributed by atoms with E-state index in [0.29, 0.717) is 44.8 Å². The Balaban J connectivity index is 1.86. The summed E-state index contributed by atoms with van der Waals surface area (Å²) in [4.78, 5) is 21.9. The largest absolute Gasteiger partial charge is 0.433 e. The Bertz CT molecular complexity index is 613. The molecule has 1 fully saturated rings. The molecular formula is C15H18F3N3O2. The van der Waals surface area contributed by atoms with Crippen LogP contribution in [-0.4, -0.2) is 47.1 Å². The molecule has 1 amide bonds. The molecule has 8 heteroatoms. The molecule has 126 valence electrons. The minimum atomic E-state index is -4.53. The van der Waals surface area contributed by atoms with Crippen molar-refractivity contribution in [2.24, 2.45) is 5.92 Å². The van der Waals surface area contributed by atoms with Gasteiger partial charge in [0.2, 0.25) is 5.91 Å². The molecule has 2 heterocycles. The summed E-state index contributed by atoms with van der Waals surface area (Å²) < 4.78 is 44.9. The molecule has 1 aromatic heterocycles. The van der Waals surface area contributed by atoms with Crippen molar-refractivity contribution >= 4 is 5.91 Å². The Kier molecular flexibility index (Phi) is 4.27. The number of amides is 1. The highest BCUT2D eigenvalue weighted by molar-refractivity contribution is 5.79. The van der Waals surface area contributed by atoms with Gasteiger partial charge in [0.25, 0.3) is 0 Å². The van der Waals surface area contributed by atoms with E-state index in [1.54, 1.807) is 4.90 Å². The molecule has 0 saturated carbocycles. The molecule has 0 spiro atoms. The van der Waals surface area contributed by atoms with E-state index in [4.69, 9.17) is 4.74 Å². The van der Waals surface area contributed by atoms with Crippen molar-refractivity contribution in [2.75, 3.05) is 26.3 Å². The van der Waals surface area contributed by atoms with Crippen molar-refractivity contribution in [1.82, 2.24) is 14.9 Å². The van der Waals surface area contributed by atoms with Crippen molar-refractivity contribution in [1.29, 1.82) is 0 Å². The van der Waals surface area contributed by atoms with Crippen LogP contribution in [0.2, 0.25) is 0 Å². The van der Waals surface area contributed by atoms with Gasteiger partial charge >= 0.3 is 6.18 Å². The molecule has 1 saturated heterocycles. The Morgan fingerprint density at radius 2 is 1.96 bits per heavy atom. The van der Waals surface area contributed by atoms with Crippen LogP contribution in [0.5, 0.6) is 0 Å². The Morgan fingerprint density at radius 1 is 1.26 bits per heavy atom. The first-order chi connectivity index (χ1) is 10.9. The lowest BCUT2D eigenvalue weighted by Crippen LogP contribution is -2.45. The molecule has 3 rings (SSSR count). The predicted molar refractivity (Wildman–Crippen MR) is 74.7 cm³/mol. The highest BCUT2D eigenvalue weighted by atomic mass is 19.4. The van der Waals surface area contributed by atoms with Crippen LogP contribution in [0.25, 0.3) is 0 Å². The number of halogens is 3. The monoisotopic (exact) mass is 329 g/mol. The number of ether oxygens (including phenoxy) is 1. The summed E-state index contributed by atoms with van der Waals surface area (Å²) in [6.07, 6.45) is -3.57. The normalized spacial score (nSPS) is 21.9. The fourth-order valence-electron chi connectivity index (χ4n) is 3.22. The average molecular weight is 329 g/mol. The van der Waals surface area contributed by atoms with Crippen molar-refractivity contribution in [3.8, 4) is 0 Å². The molecule has 0 bridgehead atoms. The number of morpholine rings is 1. The van der Waals surface area contributed by atoms with Crippen LogP contribution in [0, 0.1) is 12.8 Å². The number of fused-ring (bicyclic) bond motifs is 1. The van der Waals surface area contributed by atoms with Gasteiger partial charge in [-0.2, -0.15) is 13.2 Å². The number of carbonyl (C=O) groups excluding carboxylic acids is 1. The average Bonchev–Trinajstić information content (AvgIpc) is 2.53. The lowest BCUT2D eigenvalue weighted by atomic mass is 9.84. The fourth-order valence-corrected chi connectivity index (χ4v) is 3.22. The topological polar surface area (TPSA) is 55.3 Å². The Morgan fingerprint density at radius 3 is 2.61 bits per heavy atom. The van der Waals surface area contributed by atoms with Gasteiger partial charge in [0, 0.05) is 30.3 Å². The summed E-state index contributed by atoms with van der Waals surface area (Å²) in [5.41, 5.74) is -0.378. The first-order valence-electron chi connectivity index (χ1n) is 7.66. The van der Waals surface area contributed by atoms with Crippen molar-refractivity contribution in [2.45, 2.75) is 32.4 Å². The van der Waals surface area contributed by atoms with E-state index < -0.39 is 17.8 Å². The van der Waals surface area contributed by atoms with E-state index in [9.17, 15) is 18.0 Å². The maximum Gasteiger partial charge on any atom is 0.433 e. The zero-order chi connectivity index (χ0) is 16.6. The van der Waals surface area contributed by atoms with Crippen molar-refractivity contribution in [3.63, 3.8) is 0 Å². The van der Waals surface area contributed by atoms with Gasteiger partial charge in [0.15, 0.2) is 5.69 Å². The van der Waals surface area contributed by atoms with Crippen LogP contribution in [0.15, 0.2) is 0 Å². The van der Waals surface area contributed by atoms with Crippen LogP contribution in [-0.2, 0) is 28.5 Å². The van der Waals surface area contributed by atoms with Gasteiger partial charge in [-0.1, -0.05) is 0 Å². The standard InChI is InChI=1S/C15H18F3N3O2/c1-9-19-12-3-2-10(14(22)21-4-6-23-7-5-21)8-11(12)13(20-9)15(16,17)18/h10H,2-8H2,1H3/t10-/m0/s1. The summed E-state index contributed by atoms with van der Waals surface area (Å²) in [5.74, 6) is -0.408. The fraction of sp³-hybridized carbons (Fsp3) is 0.667. The highest BCUT2D eigenvalue weighted by Gasteiger charge is 2.40. The molecule has 0 N–H and O–H groups in total. The van der Waals surface area contributed by atoms with Crippen LogP contribution in [0.3, 0.4) is 0 Å². The van der Waals surface area contributed by atoms with E-state index in [0.717, 1.165) is 0 Å². The molecule has 2 aliphatic rings. The van der Waals surface area contributed by atoms with Gasteiger partial charge in [-0.15, -0.1) is 0 Å². The summed E-state index contributed by atoms with van der Waals surface area (Å²) in [5, 5.41) is 0. The second-order valence-electron chi connectivity index (χ2n) is 5.92. The van der Waals surface area contributed by atoms with Gasteiger partial charge in [-0.25, -0.2) is 9.97 Å². The smallest absolute Gasteiger partial charge is 0.378 e. The highest BCUT2D eigenvalue weighted by Crippen LogP contribution is 2.36. The van der Waals surface area contributed by atoms with E-state index >= 15 is 0 Å². The summed E-state index contributed by atoms with van der Waals surface area (Å²) in [6.45, 7) is 3.41. The second kappa shape index (κ2) is 6.07. The number of alkyl halides is 3. The third-order valence-corrected chi connectivity index (χ3v) is 4.33. The molecule has 1 atom stereocenters. The molecule has 23 heavy (non-hydrogen) atoms. The van der Waals surface area contributed by atoms with Gasteiger partial charge in [0.05, 0.1) is 13.2 Å². The quantitative estimate of drug-likeness (QED) is 0.788. The maximum atomic E-state index is 13.2. The first-order valence-corrected chi connectivity index (χ1v) is 7.66. The zero-order valence-electron chi connectivity index (χ0n) is 12.8. The SMILES string of the molecule is Cc1nc2c(c(C(F)(F)F)n1)C[C@@H](C(=O)N1CCOCC1)CC2. The Labute approximate surface area is 131 Å². The minimum absolute atomic E-state index is 0.0562. The zero-order valence-corrected chi connectivity index (χ0v) is 12.8. The van der Waals surface area contributed by atoms with Crippen LogP contribution in [0.1, 0.15) is 29.2 Å². The number of hydrogen-bond acceptors (Lipinski definition) is 4. The molecule has 0 unspecified atom stereocenters. The van der Waals surface area contributed by atoms with E-state index in [1.807, 2.05) is 0 Å². The third kappa shape index (κ3) is 3.31. The van der Waals surface area contributed by atoms with Gasteiger partial charge in [0.1, 0.15) is 5.82 Å². The Hall–Kier alpha value is -1.70. The number of nitrogens with zero attached hydrogens (tertiary/aromatic N) is 3. The summed E-state index contributed by atoms with van der Waals surface area (Å²) >= 11 is 0. The van der Waals surface area contributed by atoms with E-state index in [2.05, 4.69) is 9.97 Å². The number of hydrogen-bond donors (Lipinski definition) is 0. The van der Waals surface area contributed by atoms with Crippen LogP contribution in [0.4, 0.5) is 13.2 Å². The number of rotatable bonds is 1. The number of aromatic nitrogens is 2. The van der Waals surface area contributed by atoms with Gasteiger partial charge < -0.3 is 9.64 Å².